The molecule has 0 spiro atoms. The summed E-state index contributed by atoms with van der Waals surface area (Å²) in [6, 6.07) is 9.18. The Balaban J connectivity index is 2.34. The molecule has 0 bridgehead atoms. The highest BCUT2D eigenvalue weighted by Gasteiger charge is 2.22. The van der Waals surface area contributed by atoms with E-state index in [0.29, 0.717) is 18.9 Å². The number of aromatic nitrogens is 2. The second-order valence-electron chi connectivity index (χ2n) is 4.14. The van der Waals surface area contributed by atoms with E-state index in [9.17, 15) is 4.79 Å². The van der Waals surface area contributed by atoms with E-state index in [4.69, 9.17) is 25.4 Å². The van der Waals surface area contributed by atoms with Crippen LogP contribution in [0.1, 0.15) is 13.8 Å². The molecule has 22 heavy (non-hydrogen) atoms. The van der Waals surface area contributed by atoms with Gasteiger partial charge in [0.2, 0.25) is 5.88 Å². The van der Waals surface area contributed by atoms with Crippen molar-refractivity contribution in [2.45, 2.75) is 13.8 Å². The quantitative estimate of drug-likeness (QED) is 0.722. The second kappa shape index (κ2) is 7.65. The summed E-state index contributed by atoms with van der Waals surface area (Å²) < 4.78 is 17.8. The third-order valence-electron chi connectivity index (χ3n) is 2.59. The predicted molar refractivity (Wildman–Crippen MR) is 88.0 cm³/mol. The van der Waals surface area contributed by atoms with Crippen molar-refractivity contribution in [3.8, 4) is 11.6 Å². The molecule has 1 aromatic carbocycles. The Morgan fingerprint density at radius 2 is 1.82 bits per heavy atom. The van der Waals surface area contributed by atoms with E-state index in [2.05, 4.69) is 4.98 Å². The molecule has 0 aliphatic carbocycles. The molecule has 118 valence electrons. The molecule has 0 unspecified atom stereocenters. The van der Waals surface area contributed by atoms with Gasteiger partial charge < -0.3 is 4.52 Å². The monoisotopic (exact) mass is 340 g/mol. The first-order valence-electron chi connectivity index (χ1n) is 6.81. The van der Waals surface area contributed by atoms with E-state index in [-0.39, 0.29) is 11.4 Å². The summed E-state index contributed by atoms with van der Waals surface area (Å²) in [6.45, 7) is 1.44. The van der Waals surface area contributed by atoms with Crippen LogP contribution in [0.3, 0.4) is 0 Å². The Bertz CT molecular complexity index is 710. The Morgan fingerprint density at radius 3 is 2.41 bits per heavy atom. The van der Waals surface area contributed by atoms with Crippen molar-refractivity contribution in [1.82, 2.24) is 9.55 Å². The van der Waals surface area contributed by atoms with Crippen LogP contribution in [0.5, 0.6) is 5.88 Å². The summed E-state index contributed by atoms with van der Waals surface area (Å²) in [7, 11) is 0. The summed E-state index contributed by atoms with van der Waals surface area (Å²) >= 11 is 5.29. The lowest BCUT2D eigenvalue weighted by Gasteiger charge is -2.20. The maximum atomic E-state index is 12.0. The second-order valence-corrected chi connectivity index (χ2v) is 7.08. The Morgan fingerprint density at radius 1 is 1.18 bits per heavy atom. The molecule has 0 fully saturated rings. The van der Waals surface area contributed by atoms with Crippen molar-refractivity contribution < 1.29 is 13.6 Å². The van der Waals surface area contributed by atoms with Crippen LogP contribution < -0.4 is 10.1 Å². The van der Waals surface area contributed by atoms with Gasteiger partial charge in [0.15, 0.2) is 0 Å². The minimum atomic E-state index is -2.91. The molecule has 1 heterocycles. The minimum Gasteiger partial charge on any atom is -0.404 e. The maximum absolute atomic E-state index is 12.0. The van der Waals surface area contributed by atoms with Gasteiger partial charge in [-0.15, -0.1) is 0 Å². The fourth-order valence-corrected chi connectivity index (χ4v) is 3.74. The SMILES string of the molecule is CCOP(=S)(OCC)Oc1cn(-c2ccccc2)c(=O)cn1. The van der Waals surface area contributed by atoms with Gasteiger partial charge in [0.25, 0.3) is 5.56 Å². The average Bonchev–Trinajstić information content (AvgIpc) is 2.50. The molecule has 2 rings (SSSR count). The standard InChI is InChI=1S/C14H17N2O4PS/c1-3-18-21(22,19-4-2)20-13-11-16(14(17)10-15-13)12-8-6-5-7-9-12/h5-11H,3-4H2,1-2H3. The number of nitrogens with zero attached hydrogens (tertiary/aromatic N) is 2. The highest BCUT2D eigenvalue weighted by Crippen LogP contribution is 2.49. The first-order valence-corrected chi connectivity index (χ1v) is 9.36. The van der Waals surface area contributed by atoms with Crippen LogP contribution >= 0.6 is 6.72 Å². The van der Waals surface area contributed by atoms with Crippen molar-refractivity contribution in [1.29, 1.82) is 0 Å². The molecule has 8 heteroatoms. The van der Waals surface area contributed by atoms with Crippen LogP contribution in [0.2, 0.25) is 0 Å². The molecule has 0 aliphatic heterocycles. The van der Waals surface area contributed by atoms with Crippen LogP contribution in [-0.2, 0) is 20.9 Å². The number of hydrogen-bond acceptors (Lipinski definition) is 6. The molecule has 0 saturated heterocycles. The van der Waals surface area contributed by atoms with Gasteiger partial charge >= 0.3 is 6.72 Å². The van der Waals surface area contributed by atoms with E-state index in [0.717, 1.165) is 0 Å². The molecular weight excluding hydrogens is 323 g/mol. The summed E-state index contributed by atoms with van der Waals surface area (Å²) in [5.74, 6) is 0.189. The number of hydrogen-bond donors (Lipinski definition) is 0. The van der Waals surface area contributed by atoms with E-state index in [1.165, 1.54) is 17.0 Å². The molecule has 1 aromatic heterocycles. The molecular formula is C14H17N2O4PS. The largest absolute Gasteiger partial charge is 0.404 e. The Kier molecular flexibility index (Phi) is 5.85. The molecule has 0 radical (unpaired) electrons. The van der Waals surface area contributed by atoms with Gasteiger partial charge in [-0.1, -0.05) is 18.2 Å². The molecule has 0 aliphatic rings. The van der Waals surface area contributed by atoms with Gasteiger partial charge in [-0.25, -0.2) is 4.98 Å². The Labute approximate surface area is 133 Å². The number of rotatable bonds is 7. The van der Waals surface area contributed by atoms with Crippen molar-refractivity contribution in [2.75, 3.05) is 13.2 Å². The fourth-order valence-electron chi connectivity index (χ4n) is 1.75. The van der Waals surface area contributed by atoms with E-state index < -0.39 is 6.72 Å². The maximum Gasteiger partial charge on any atom is 0.381 e. The van der Waals surface area contributed by atoms with Crippen LogP contribution in [0.15, 0.2) is 47.5 Å². The molecule has 0 atom stereocenters. The highest BCUT2D eigenvalue weighted by atomic mass is 32.5. The normalized spacial score (nSPS) is 11.4. The lowest BCUT2D eigenvalue weighted by Crippen LogP contribution is -2.18. The van der Waals surface area contributed by atoms with Crippen LogP contribution in [0, 0.1) is 0 Å². The lowest BCUT2D eigenvalue weighted by atomic mass is 10.3. The first-order chi connectivity index (χ1) is 10.6. The average molecular weight is 340 g/mol. The summed E-state index contributed by atoms with van der Waals surface area (Å²) in [5, 5.41) is 0. The lowest BCUT2D eigenvalue weighted by molar-refractivity contribution is 0.215. The molecule has 0 saturated carbocycles. The fraction of sp³-hybridized carbons (Fsp3) is 0.286. The molecule has 0 N–H and O–H groups in total. The van der Waals surface area contributed by atoms with Crippen molar-refractivity contribution in [3.63, 3.8) is 0 Å². The zero-order chi connectivity index (χ0) is 16.0. The zero-order valence-electron chi connectivity index (χ0n) is 12.3. The summed E-state index contributed by atoms with van der Waals surface area (Å²) in [6.07, 6.45) is 2.66. The first kappa shape index (κ1) is 16.8. The smallest absolute Gasteiger partial charge is 0.381 e. The molecule has 6 nitrogen and oxygen atoms in total. The highest BCUT2D eigenvalue weighted by molar-refractivity contribution is 8.07. The minimum absolute atomic E-state index is 0.189. The molecule has 2 aromatic rings. The topological polar surface area (TPSA) is 62.6 Å². The van der Waals surface area contributed by atoms with Crippen molar-refractivity contribution in [3.05, 3.63) is 53.1 Å². The number of benzene rings is 1. The Hall–Kier alpha value is -1.53. The van der Waals surface area contributed by atoms with Crippen molar-refractivity contribution >= 4 is 18.5 Å². The molecule has 0 amide bonds. The van der Waals surface area contributed by atoms with Crippen LogP contribution in [0.25, 0.3) is 5.69 Å². The van der Waals surface area contributed by atoms with Gasteiger partial charge in [0.1, 0.15) is 0 Å². The van der Waals surface area contributed by atoms with Gasteiger partial charge in [0.05, 0.1) is 25.6 Å². The number of para-hydroxylation sites is 1. The third-order valence-corrected chi connectivity index (χ3v) is 5.01. The van der Waals surface area contributed by atoms with Crippen LogP contribution in [-0.4, -0.2) is 22.8 Å². The van der Waals surface area contributed by atoms with Crippen LogP contribution in [0.4, 0.5) is 0 Å². The third kappa shape index (κ3) is 4.24. The predicted octanol–water partition coefficient (Wildman–Crippen LogP) is 2.91. The zero-order valence-corrected chi connectivity index (χ0v) is 14.0. The summed E-state index contributed by atoms with van der Waals surface area (Å²) in [4.78, 5) is 15.9. The van der Waals surface area contributed by atoms with E-state index in [1.807, 2.05) is 44.2 Å². The summed E-state index contributed by atoms with van der Waals surface area (Å²) in [5.41, 5.74) is 0.445. The van der Waals surface area contributed by atoms with E-state index >= 15 is 0 Å². The van der Waals surface area contributed by atoms with Gasteiger partial charge in [-0.2, -0.15) is 0 Å². The van der Waals surface area contributed by atoms with Gasteiger partial charge in [-0.05, 0) is 26.0 Å². The van der Waals surface area contributed by atoms with Gasteiger partial charge in [0, 0.05) is 17.5 Å². The van der Waals surface area contributed by atoms with E-state index in [1.54, 1.807) is 0 Å². The van der Waals surface area contributed by atoms with Gasteiger partial charge in [-0.3, -0.25) is 18.4 Å². The van der Waals surface area contributed by atoms with Crippen molar-refractivity contribution in [2.24, 2.45) is 0 Å².